The van der Waals surface area contributed by atoms with Crippen molar-refractivity contribution in [2.24, 2.45) is 0 Å². The van der Waals surface area contributed by atoms with Crippen LogP contribution >= 0.6 is 11.6 Å². The average Bonchev–Trinajstić information content (AvgIpc) is 2.92. The van der Waals surface area contributed by atoms with E-state index >= 15 is 0 Å². The summed E-state index contributed by atoms with van der Waals surface area (Å²) in [5.74, 6) is -0.347. The number of hydrogen-bond acceptors (Lipinski definition) is 3. The fourth-order valence-corrected chi connectivity index (χ4v) is 4.14. The molecule has 4 rings (SSSR count). The summed E-state index contributed by atoms with van der Waals surface area (Å²) < 4.78 is 0. The van der Waals surface area contributed by atoms with Crippen LogP contribution < -0.4 is 5.32 Å². The van der Waals surface area contributed by atoms with Crippen molar-refractivity contribution in [3.63, 3.8) is 0 Å². The number of hydrogen-bond donors (Lipinski definition) is 1. The van der Waals surface area contributed by atoms with Gasteiger partial charge < -0.3 is 10.2 Å². The number of nitrogens with zero attached hydrogens (tertiary/aromatic N) is 2. The van der Waals surface area contributed by atoms with E-state index in [0.717, 1.165) is 22.4 Å². The highest BCUT2D eigenvalue weighted by Gasteiger charge is 2.30. The molecule has 0 spiro atoms. The summed E-state index contributed by atoms with van der Waals surface area (Å²) in [7, 11) is 0. The third-order valence-electron chi connectivity index (χ3n) is 5.91. The van der Waals surface area contributed by atoms with Crippen molar-refractivity contribution in [3.8, 4) is 0 Å². The largest absolute Gasteiger partial charge is 0.349 e. The van der Waals surface area contributed by atoms with Crippen molar-refractivity contribution in [2.75, 3.05) is 0 Å². The fraction of sp³-hybridized carbons (Fsp3) is 0.167. The molecule has 36 heavy (non-hydrogen) atoms. The zero-order valence-corrected chi connectivity index (χ0v) is 20.6. The molecule has 0 aliphatic rings. The first-order valence-corrected chi connectivity index (χ1v) is 12.3. The van der Waals surface area contributed by atoms with E-state index in [1.807, 2.05) is 91.0 Å². The van der Waals surface area contributed by atoms with Gasteiger partial charge in [-0.25, -0.2) is 0 Å². The summed E-state index contributed by atoms with van der Waals surface area (Å²) in [6, 6.07) is 31.6. The van der Waals surface area contributed by atoms with Crippen molar-refractivity contribution in [1.82, 2.24) is 15.2 Å². The number of halogens is 1. The first-order valence-electron chi connectivity index (χ1n) is 11.9. The number of rotatable bonds is 10. The quantitative estimate of drug-likeness (QED) is 0.326. The van der Waals surface area contributed by atoms with E-state index in [2.05, 4.69) is 10.3 Å². The molecule has 3 aromatic carbocycles. The molecule has 0 saturated carbocycles. The van der Waals surface area contributed by atoms with Crippen LogP contribution in [0, 0.1) is 0 Å². The zero-order chi connectivity index (χ0) is 25.2. The molecule has 1 aromatic heterocycles. The Morgan fingerprint density at radius 2 is 1.42 bits per heavy atom. The number of benzene rings is 3. The van der Waals surface area contributed by atoms with E-state index in [1.54, 1.807) is 23.2 Å². The highest BCUT2D eigenvalue weighted by atomic mass is 35.5. The van der Waals surface area contributed by atoms with Crippen LogP contribution in [0.4, 0.5) is 0 Å². The summed E-state index contributed by atoms with van der Waals surface area (Å²) in [4.78, 5) is 33.3. The van der Waals surface area contributed by atoms with Crippen LogP contribution in [0.2, 0.25) is 5.02 Å². The highest BCUT2D eigenvalue weighted by molar-refractivity contribution is 6.30. The smallest absolute Gasteiger partial charge is 0.243 e. The Kier molecular flexibility index (Phi) is 8.84. The second-order valence-corrected chi connectivity index (χ2v) is 8.99. The Labute approximate surface area is 216 Å². The Morgan fingerprint density at radius 3 is 2.06 bits per heavy atom. The van der Waals surface area contributed by atoms with E-state index in [4.69, 9.17) is 11.6 Å². The normalized spacial score (nSPS) is 11.5. The number of carbonyl (C=O) groups is 2. The molecule has 2 amide bonds. The van der Waals surface area contributed by atoms with Crippen LogP contribution in [-0.2, 0) is 35.5 Å². The molecule has 6 heteroatoms. The van der Waals surface area contributed by atoms with E-state index in [-0.39, 0.29) is 24.8 Å². The minimum absolute atomic E-state index is 0.130. The van der Waals surface area contributed by atoms with E-state index in [1.165, 1.54) is 0 Å². The molecule has 0 aliphatic heterocycles. The van der Waals surface area contributed by atoms with E-state index in [0.29, 0.717) is 18.0 Å². The second kappa shape index (κ2) is 12.7. The van der Waals surface area contributed by atoms with Crippen molar-refractivity contribution < 1.29 is 9.59 Å². The van der Waals surface area contributed by atoms with Crippen LogP contribution in [0.5, 0.6) is 0 Å². The van der Waals surface area contributed by atoms with Crippen LogP contribution in [0.15, 0.2) is 109 Å². The summed E-state index contributed by atoms with van der Waals surface area (Å²) in [6.45, 7) is 0.608. The Balaban J connectivity index is 1.63. The zero-order valence-electron chi connectivity index (χ0n) is 19.9. The van der Waals surface area contributed by atoms with Crippen LogP contribution in [-0.4, -0.2) is 27.7 Å². The molecule has 0 unspecified atom stereocenters. The van der Waals surface area contributed by atoms with Gasteiger partial charge in [0.2, 0.25) is 11.8 Å². The summed E-state index contributed by atoms with van der Waals surface area (Å²) in [5, 5.41) is 3.61. The minimum atomic E-state index is -0.698. The first kappa shape index (κ1) is 25.1. The first-order chi connectivity index (χ1) is 17.6. The standard InChI is InChI=1S/C30H28ClN3O2/c31-26-16-14-24(15-17-26)20-29(35)34(22-25-11-5-2-6-12-25)28(19-23-9-3-1-4-10-23)30(36)33-21-27-13-7-8-18-32-27/h1-18,28H,19-22H2,(H,33,36)/t28-/m1/s1. The minimum Gasteiger partial charge on any atom is -0.349 e. The Morgan fingerprint density at radius 1 is 0.778 bits per heavy atom. The molecule has 0 aliphatic carbocycles. The average molecular weight is 498 g/mol. The molecule has 1 N–H and O–H groups in total. The number of amides is 2. The molecule has 5 nitrogen and oxygen atoms in total. The van der Waals surface area contributed by atoms with Gasteiger partial charge in [-0.3, -0.25) is 14.6 Å². The van der Waals surface area contributed by atoms with Crippen LogP contribution in [0.3, 0.4) is 0 Å². The highest BCUT2D eigenvalue weighted by Crippen LogP contribution is 2.18. The van der Waals surface area contributed by atoms with Gasteiger partial charge in [0.25, 0.3) is 0 Å². The monoisotopic (exact) mass is 497 g/mol. The van der Waals surface area contributed by atoms with E-state index in [9.17, 15) is 9.59 Å². The molecular weight excluding hydrogens is 470 g/mol. The lowest BCUT2D eigenvalue weighted by Gasteiger charge is -2.31. The predicted molar refractivity (Wildman–Crippen MR) is 142 cm³/mol. The van der Waals surface area contributed by atoms with Gasteiger partial charge in [-0.15, -0.1) is 0 Å². The van der Waals surface area contributed by atoms with Gasteiger partial charge in [0.15, 0.2) is 0 Å². The van der Waals surface area contributed by atoms with Crippen molar-refractivity contribution in [2.45, 2.75) is 32.0 Å². The maximum absolute atomic E-state index is 13.7. The molecule has 1 atom stereocenters. The van der Waals surface area contributed by atoms with Gasteiger partial charge >= 0.3 is 0 Å². The van der Waals surface area contributed by atoms with Crippen molar-refractivity contribution in [1.29, 1.82) is 0 Å². The molecule has 4 aromatic rings. The molecule has 182 valence electrons. The van der Waals surface area contributed by atoms with Gasteiger partial charge in [0.1, 0.15) is 6.04 Å². The Hall–Kier alpha value is -3.96. The number of pyridine rings is 1. The van der Waals surface area contributed by atoms with Gasteiger partial charge in [-0.1, -0.05) is 90.5 Å². The lowest BCUT2D eigenvalue weighted by molar-refractivity contribution is -0.140. The molecule has 0 saturated heterocycles. The lowest BCUT2D eigenvalue weighted by atomic mass is 10.0. The third-order valence-corrected chi connectivity index (χ3v) is 6.16. The third kappa shape index (κ3) is 7.27. The van der Waals surface area contributed by atoms with Gasteiger partial charge in [-0.2, -0.15) is 0 Å². The van der Waals surface area contributed by atoms with Crippen LogP contribution in [0.25, 0.3) is 0 Å². The molecule has 1 heterocycles. The number of aromatic nitrogens is 1. The fourth-order valence-electron chi connectivity index (χ4n) is 4.01. The summed E-state index contributed by atoms with van der Waals surface area (Å²) >= 11 is 6.03. The summed E-state index contributed by atoms with van der Waals surface area (Å²) in [6.07, 6.45) is 2.26. The molecule has 0 fully saturated rings. The number of nitrogens with one attached hydrogen (secondary N) is 1. The topological polar surface area (TPSA) is 62.3 Å². The molecule has 0 radical (unpaired) electrons. The number of carbonyl (C=O) groups excluding carboxylic acids is 2. The van der Waals surface area contributed by atoms with Gasteiger partial charge in [0.05, 0.1) is 18.7 Å². The maximum Gasteiger partial charge on any atom is 0.243 e. The summed E-state index contributed by atoms with van der Waals surface area (Å²) in [5.41, 5.74) is 3.53. The van der Waals surface area contributed by atoms with Gasteiger partial charge in [-0.05, 0) is 41.0 Å². The second-order valence-electron chi connectivity index (χ2n) is 8.55. The van der Waals surface area contributed by atoms with Crippen LogP contribution in [0.1, 0.15) is 22.4 Å². The molecule has 0 bridgehead atoms. The van der Waals surface area contributed by atoms with Crippen molar-refractivity contribution >= 4 is 23.4 Å². The van der Waals surface area contributed by atoms with Crippen molar-refractivity contribution in [3.05, 3.63) is 137 Å². The molecular formula is C30H28ClN3O2. The predicted octanol–water partition coefficient (Wildman–Crippen LogP) is 5.23. The SMILES string of the molecule is O=C(NCc1ccccn1)[C@@H](Cc1ccccc1)N(Cc1ccccc1)C(=O)Cc1ccc(Cl)cc1. The van der Waals surface area contributed by atoms with Gasteiger partial charge in [0, 0.05) is 24.2 Å². The lowest BCUT2D eigenvalue weighted by Crippen LogP contribution is -2.50. The van der Waals surface area contributed by atoms with E-state index < -0.39 is 6.04 Å². The maximum atomic E-state index is 13.7. The Bertz CT molecular complexity index is 1250.